The van der Waals surface area contributed by atoms with Crippen LogP contribution in [0, 0.1) is 0 Å². The van der Waals surface area contributed by atoms with Crippen molar-refractivity contribution in [1.82, 2.24) is 10.7 Å². The predicted octanol–water partition coefficient (Wildman–Crippen LogP) is 1.81. The predicted molar refractivity (Wildman–Crippen MR) is 77.8 cm³/mol. The molecular weight excluding hydrogens is 310 g/mol. The second-order valence-electron chi connectivity index (χ2n) is 4.95. The van der Waals surface area contributed by atoms with E-state index < -0.39 is 17.4 Å². The number of halogens is 1. The summed E-state index contributed by atoms with van der Waals surface area (Å²) in [7, 11) is 0. The topological polar surface area (TPSA) is 70.6 Å². The normalized spacial score (nSPS) is 11.4. The van der Waals surface area contributed by atoms with Gasteiger partial charge in [0, 0.05) is 10.0 Å². The van der Waals surface area contributed by atoms with Crippen molar-refractivity contribution in [3.8, 4) is 0 Å². The van der Waals surface area contributed by atoms with E-state index >= 15 is 0 Å². The van der Waals surface area contributed by atoms with Crippen molar-refractivity contribution in [1.29, 1.82) is 0 Å². The van der Waals surface area contributed by atoms with Crippen LogP contribution in [-0.2, 0) is 9.59 Å². The largest absolute Gasteiger partial charge is 0.343 e. The first-order chi connectivity index (χ1) is 8.78. The smallest absolute Gasteiger partial charge is 0.329 e. The zero-order valence-electron chi connectivity index (χ0n) is 11.0. The summed E-state index contributed by atoms with van der Waals surface area (Å²) in [4.78, 5) is 22.9. The molecule has 0 spiro atoms. The molecule has 0 unspecified atom stereocenters. The van der Waals surface area contributed by atoms with Crippen LogP contribution in [0.4, 0.5) is 0 Å². The summed E-state index contributed by atoms with van der Waals surface area (Å²) in [6, 6.07) is 7.37. The van der Waals surface area contributed by atoms with E-state index in [1.54, 1.807) is 20.8 Å². The van der Waals surface area contributed by atoms with Gasteiger partial charge in [-0.25, -0.2) is 5.43 Å². The maximum Gasteiger partial charge on any atom is 0.329 e. The third-order valence-corrected chi connectivity index (χ3v) is 2.47. The number of carbonyl (C=O) groups is 2. The number of rotatable bonds is 2. The molecule has 0 bridgehead atoms. The van der Waals surface area contributed by atoms with Crippen molar-refractivity contribution in [3.63, 3.8) is 0 Å². The fourth-order valence-corrected chi connectivity index (χ4v) is 1.43. The van der Waals surface area contributed by atoms with Crippen LogP contribution in [0.25, 0.3) is 0 Å². The van der Waals surface area contributed by atoms with Gasteiger partial charge in [0.05, 0.1) is 6.21 Å². The van der Waals surface area contributed by atoms with Crippen LogP contribution in [0.5, 0.6) is 0 Å². The van der Waals surface area contributed by atoms with Gasteiger partial charge in [-0.3, -0.25) is 9.59 Å². The standard InChI is InChI=1S/C13H16BrN3O2/c1-13(2,3)16-11(18)12(19)17-15-8-9-4-6-10(14)7-5-9/h4-8H,1-3H3,(H,16,18)(H,17,19)/b15-8+. The van der Waals surface area contributed by atoms with E-state index in [1.165, 1.54) is 6.21 Å². The van der Waals surface area contributed by atoms with Crippen molar-refractivity contribution in [2.24, 2.45) is 5.10 Å². The maximum atomic E-state index is 11.4. The molecule has 1 aromatic rings. The van der Waals surface area contributed by atoms with Gasteiger partial charge >= 0.3 is 11.8 Å². The highest BCUT2D eigenvalue weighted by Crippen LogP contribution is 2.08. The van der Waals surface area contributed by atoms with Crippen LogP contribution in [-0.4, -0.2) is 23.6 Å². The number of benzene rings is 1. The zero-order valence-corrected chi connectivity index (χ0v) is 12.6. The van der Waals surface area contributed by atoms with E-state index in [1.807, 2.05) is 24.3 Å². The highest BCUT2D eigenvalue weighted by Gasteiger charge is 2.19. The molecule has 1 rings (SSSR count). The molecule has 2 N–H and O–H groups in total. The summed E-state index contributed by atoms with van der Waals surface area (Å²) in [5.74, 6) is -1.50. The van der Waals surface area contributed by atoms with Crippen molar-refractivity contribution < 1.29 is 9.59 Å². The molecule has 0 aromatic heterocycles. The molecule has 0 aliphatic heterocycles. The molecule has 102 valence electrons. The lowest BCUT2D eigenvalue weighted by atomic mass is 10.1. The second kappa shape index (κ2) is 6.47. The lowest BCUT2D eigenvalue weighted by Crippen LogP contribution is -2.47. The van der Waals surface area contributed by atoms with E-state index in [0.717, 1.165) is 10.0 Å². The van der Waals surface area contributed by atoms with E-state index in [-0.39, 0.29) is 0 Å². The van der Waals surface area contributed by atoms with E-state index in [2.05, 4.69) is 31.8 Å². The number of hydrogen-bond acceptors (Lipinski definition) is 3. The summed E-state index contributed by atoms with van der Waals surface area (Å²) in [5, 5.41) is 6.27. The first-order valence-electron chi connectivity index (χ1n) is 5.69. The Bertz CT molecular complexity index is 490. The zero-order chi connectivity index (χ0) is 14.5. The van der Waals surface area contributed by atoms with Crippen molar-refractivity contribution in [2.75, 3.05) is 0 Å². The van der Waals surface area contributed by atoms with Gasteiger partial charge in [0.25, 0.3) is 0 Å². The Balaban J connectivity index is 2.50. The summed E-state index contributed by atoms with van der Waals surface area (Å²) >= 11 is 3.32. The van der Waals surface area contributed by atoms with Crippen LogP contribution in [0.1, 0.15) is 26.3 Å². The average Bonchev–Trinajstić information content (AvgIpc) is 2.29. The number of hydrazone groups is 1. The van der Waals surface area contributed by atoms with Gasteiger partial charge in [-0.15, -0.1) is 0 Å². The molecule has 0 atom stereocenters. The van der Waals surface area contributed by atoms with Gasteiger partial charge in [-0.1, -0.05) is 28.1 Å². The third kappa shape index (κ3) is 6.15. The Morgan fingerprint density at radius 1 is 1.16 bits per heavy atom. The van der Waals surface area contributed by atoms with Crippen LogP contribution >= 0.6 is 15.9 Å². The summed E-state index contributed by atoms with van der Waals surface area (Å²) < 4.78 is 0.957. The first kappa shape index (κ1) is 15.4. The van der Waals surface area contributed by atoms with Gasteiger partial charge < -0.3 is 5.32 Å². The Kier molecular flexibility index (Phi) is 5.23. The molecule has 5 nitrogen and oxygen atoms in total. The molecule has 6 heteroatoms. The minimum absolute atomic E-state index is 0.455. The summed E-state index contributed by atoms with van der Waals surface area (Å²) in [6.07, 6.45) is 1.47. The van der Waals surface area contributed by atoms with Crippen LogP contribution in [0.2, 0.25) is 0 Å². The molecule has 0 radical (unpaired) electrons. The molecule has 1 aromatic carbocycles. The SMILES string of the molecule is CC(C)(C)NC(=O)C(=O)N/N=C/c1ccc(Br)cc1. The van der Waals surface area contributed by atoms with Crippen molar-refractivity contribution in [3.05, 3.63) is 34.3 Å². The van der Waals surface area contributed by atoms with Gasteiger partial charge in [0.15, 0.2) is 0 Å². The van der Waals surface area contributed by atoms with Gasteiger partial charge in [-0.2, -0.15) is 5.10 Å². The minimum atomic E-state index is -0.789. The van der Waals surface area contributed by atoms with Crippen molar-refractivity contribution in [2.45, 2.75) is 26.3 Å². The molecule has 0 heterocycles. The maximum absolute atomic E-state index is 11.4. The van der Waals surface area contributed by atoms with Crippen LogP contribution in [0.3, 0.4) is 0 Å². The minimum Gasteiger partial charge on any atom is -0.343 e. The lowest BCUT2D eigenvalue weighted by molar-refractivity contribution is -0.140. The van der Waals surface area contributed by atoms with E-state index in [9.17, 15) is 9.59 Å². The highest BCUT2D eigenvalue weighted by atomic mass is 79.9. The van der Waals surface area contributed by atoms with E-state index in [4.69, 9.17) is 0 Å². The average molecular weight is 326 g/mol. The molecule has 2 amide bonds. The number of nitrogens with zero attached hydrogens (tertiary/aromatic N) is 1. The fourth-order valence-electron chi connectivity index (χ4n) is 1.16. The molecule has 0 saturated heterocycles. The second-order valence-corrected chi connectivity index (χ2v) is 5.87. The Labute approximate surface area is 120 Å². The molecule has 0 aliphatic carbocycles. The van der Waals surface area contributed by atoms with Crippen LogP contribution in [0.15, 0.2) is 33.8 Å². The van der Waals surface area contributed by atoms with Gasteiger partial charge in [0.1, 0.15) is 0 Å². The van der Waals surface area contributed by atoms with Gasteiger partial charge in [0.2, 0.25) is 0 Å². The molecule has 0 aliphatic rings. The summed E-state index contributed by atoms with van der Waals surface area (Å²) in [5.41, 5.74) is 2.54. The molecular formula is C13H16BrN3O2. The monoisotopic (exact) mass is 325 g/mol. The molecule has 0 saturated carbocycles. The number of amides is 2. The number of carbonyl (C=O) groups excluding carboxylic acids is 2. The summed E-state index contributed by atoms with van der Waals surface area (Å²) in [6.45, 7) is 5.38. The quantitative estimate of drug-likeness (QED) is 0.494. The highest BCUT2D eigenvalue weighted by molar-refractivity contribution is 9.10. The number of nitrogens with one attached hydrogen (secondary N) is 2. The third-order valence-electron chi connectivity index (χ3n) is 1.94. The Morgan fingerprint density at radius 3 is 2.26 bits per heavy atom. The molecule has 0 fully saturated rings. The fraction of sp³-hybridized carbons (Fsp3) is 0.308. The van der Waals surface area contributed by atoms with E-state index in [0.29, 0.717) is 0 Å². The first-order valence-corrected chi connectivity index (χ1v) is 6.48. The van der Waals surface area contributed by atoms with Crippen molar-refractivity contribution >= 4 is 34.0 Å². The lowest BCUT2D eigenvalue weighted by Gasteiger charge is -2.19. The number of hydrogen-bond donors (Lipinski definition) is 2. The molecule has 19 heavy (non-hydrogen) atoms. The van der Waals surface area contributed by atoms with Gasteiger partial charge in [-0.05, 0) is 38.5 Å². The Hall–Kier alpha value is -1.69. The Morgan fingerprint density at radius 2 is 1.74 bits per heavy atom. The van der Waals surface area contributed by atoms with Crippen LogP contribution < -0.4 is 10.7 Å².